The topological polar surface area (TPSA) is 90.2 Å². The zero-order valence-corrected chi connectivity index (χ0v) is 8.88. The largest absolute Gasteiger partial charge is 0.352 e. The number of nitro groups is 1. The third-order valence-electron chi connectivity index (χ3n) is 2.05. The Kier molecular flexibility index (Phi) is 3.62. The van der Waals surface area contributed by atoms with Crippen LogP contribution >= 0.6 is 0 Å². The standard InChI is InChI=1S/C8H15N5O2/c1-11(5-3-4-9)8-7(13(14)15)6-12(2)10-8/h6H,3-5,9H2,1-2H3. The number of aromatic nitrogens is 2. The molecule has 0 aromatic carbocycles. The molecule has 1 rings (SSSR count). The van der Waals surface area contributed by atoms with Crippen molar-refractivity contribution in [3.63, 3.8) is 0 Å². The molecule has 1 aromatic rings. The van der Waals surface area contributed by atoms with E-state index in [1.165, 1.54) is 10.9 Å². The highest BCUT2D eigenvalue weighted by atomic mass is 16.6. The lowest BCUT2D eigenvalue weighted by atomic mass is 10.4. The van der Waals surface area contributed by atoms with Gasteiger partial charge in [0, 0.05) is 20.6 Å². The van der Waals surface area contributed by atoms with Crippen LogP contribution in [0.1, 0.15) is 6.42 Å². The summed E-state index contributed by atoms with van der Waals surface area (Å²) in [5.74, 6) is 0.385. The minimum Gasteiger partial charge on any atom is -0.352 e. The Morgan fingerprint density at radius 2 is 2.40 bits per heavy atom. The molecule has 0 saturated heterocycles. The van der Waals surface area contributed by atoms with Crippen molar-refractivity contribution in [1.29, 1.82) is 0 Å². The molecule has 2 N–H and O–H groups in total. The van der Waals surface area contributed by atoms with Crippen LogP contribution in [0.2, 0.25) is 0 Å². The molecular formula is C8H15N5O2. The molecule has 0 radical (unpaired) electrons. The molecule has 0 bridgehead atoms. The molecule has 1 aromatic heterocycles. The summed E-state index contributed by atoms with van der Waals surface area (Å²) in [6, 6.07) is 0. The van der Waals surface area contributed by atoms with Crippen LogP contribution in [-0.4, -0.2) is 34.8 Å². The summed E-state index contributed by atoms with van der Waals surface area (Å²) >= 11 is 0. The summed E-state index contributed by atoms with van der Waals surface area (Å²) in [5, 5.41) is 14.8. The first-order valence-electron chi connectivity index (χ1n) is 4.65. The third-order valence-corrected chi connectivity index (χ3v) is 2.05. The number of hydrogen-bond acceptors (Lipinski definition) is 5. The van der Waals surface area contributed by atoms with Crippen LogP contribution in [0.3, 0.4) is 0 Å². The first kappa shape index (κ1) is 11.4. The average molecular weight is 213 g/mol. The van der Waals surface area contributed by atoms with E-state index in [4.69, 9.17) is 5.73 Å². The van der Waals surface area contributed by atoms with Gasteiger partial charge in [0.25, 0.3) is 0 Å². The molecule has 7 nitrogen and oxygen atoms in total. The first-order valence-corrected chi connectivity index (χ1v) is 4.65. The van der Waals surface area contributed by atoms with E-state index < -0.39 is 4.92 Å². The molecule has 0 fully saturated rings. The number of anilines is 1. The van der Waals surface area contributed by atoms with Gasteiger partial charge >= 0.3 is 5.69 Å². The van der Waals surface area contributed by atoms with E-state index >= 15 is 0 Å². The van der Waals surface area contributed by atoms with E-state index in [0.717, 1.165) is 6.42 Å². The summed E-state index contributed by atoms with van der Waals surface area (Å²) in [4.78, 5) is 12.0. The van der Waals surface area contributed by atoms with Gasteiger partial charge in [-0.15, -0.1) is 5.10 Å². The monoisotopic (exact) mass is 213 g/mol. The maximum atomic E-state index is 10.7. The van der Waals surface area contributed by atoms with Crippen molar-refractivity contribution in [2.24, 2.45) is 12.8 Å². The van der Waals surface area contributed by atoms with E-state index in [2.05, 4.69) is 5.10 Å². The van der Waals surface area contributed by atoms with Crippen LogP contribution in [0, 0.1) is 10.1 Å². The molecular weight excluding hydrogens is 198 g/mol. The summed E-state index contributed by atoms with van der Waals surface area (Å²) in [6.07, 6.45) is 2.18. The Morgan fingerprint density at radius 3 is 2.93 bits per heavy atom. The predicted molar refractivity (Wildman–Crippen MR) is 56.8 cm³/mol. The molecule has 0 aliphatic heterocycles. The molecule has 1 heterocycles. The average Bonchev–Trinajstić information content (AvgIpc) is 2.57. The number of nitrogens with zero attached hydrogens (tertiary/aromatic N) is 4. The smallest absolute Gasteiger partial charge is 0.330 e. The Bertz CT molecular complexity index is 349. The second kappa shape index (κ2) is 4.74. The molecule has 0 aliphatic rings. The SMILES string of the molecule is CN(CCCN)c1nn(C)cc1[N+](=O)[O-]. The van der Waals surface area contributed by atoms with Crippen molar-refractivity contribution in [2.75, 3.05) is 25.0 Å². The lowest BCUT2D eigenvalue weighted by molar-refractivity contribution is -0.384. The molecule has 84 valence electrons. The summed E-state index contributed by atoms with van der Waals surface area (Å²) in [6.45, 7) is 1.22. The Hall–Kier alpha value is -1.63. The molecule has 0 unspecified atom stereocenters. The lowest BCUT2D eigenvalue weighted by Crippen LogP contribution is -2.22. The van der Waals surface area contributed by atoms with E-state index in [1.54, 1.807) is 19.0 Å². The number of nitrogens with two attached hydrogens (primary N) is 1. The Morgan fingerprint density at radius 1 is 1.73 bits per heavy atom. The summed E-state index contributed by atoms with van der Waals surface area (Å²) < 4.78 is 1.44. The molecule has 7 heteroatoms. The van der Waals surface area contributed by atoms with Crippen LogP contribution in [0.5, 0.6) is 0 Å². The van der Waals surface area contributed by atoms with Crippen LogP contribution in [0.15, 0.2) is 6.20 Å². The van der Waals surface area contributed by atoms with Crippen molar-refractivity contribution in [2.45, 2.75) is 6.42 Å². The fourth-order valence-electron chi connectivity index (χ4n) is 1.30. The molecule has 0 spiro atoms. The Balaban J connectivity index is 2.86. The van der Waals surface area contributed by atoms with Gasteiger partial charge in [-0.3, -0.25) is 14.8 Å². The Labute approximate surface area is 87.6 Å². The lowest BCUT2D eigenvalue weighted by Gasteiger charge is -2.14. The number of hydrogen-bond donors (Lipinski definition) is 1. The van der Waals surface area contributed by atoms with Crippen LogP contribution in [-0.2, 0) is 7.05 Å². The summed E-state index contributed by atoms with van der Waals surface area (Å²) in [7, 11) is 3.43. The van der Waals surface area contributed by atoms with Crippen LogP contribution in [0.4, 0.5) is 11.5 Å². The third kappa shape index (κ3) is 2.66. The highest BCUT2D eigenvalue weighted by molar-refractivity contribution is 5.56. The highest BCUT2D eigenvalue weighted by Gasteiger charge is 2.21. The molecule has 0 amide bonds. The van der Waals surface area contributed by atoms with Crippen molar-refractivity contribution in [3.05, 3.63) is 16.3 Å². The summed E-state index contributed by atoms with van der Waals surface area (Å²) in [5.41, 5.74) is 5.40. The van der Waals surface area contributed by atoms with Gasteiger partial charge in [0.15, 0.2) is 0 Å². The van der Waals surface area contributed by atoms with Crippen LogP contribution in [0.25, 0.3) is 0 Å². The van der Waals surface area contributed by atoms with Crippen molar-refractivity contribution < 1.29 is 4.92 Å². The second-order valence-corrected chi connectivity index (χ2v) is 3.33. The fraction of sp³-hybridized carbons (Fsp3) is 0.625. The van der Waals surface area contributed by atoms with Crippen LogP contribution < -0.4 is 10.6 Å². The maximum Gasteiger partial charge on any atom is 0.330 e. The zero-order valence-electron chi connectivity index (χ0n) is 8.88. The predicted octanol–water partition coefficient (Wildman–Crippen LogP) is 0.113. The normalized spacial score (nSPS) is 10.3. The van der Waals surface area contributed by atoms with Crippen molar-refractivity contribution in [3.8, 4) is 0 Å². The van der Waals surface area contributed by atoms with Gasteiger partial charge in [-0.25, -0.2) is 0 Å². The molecule has 15 heavy (non-hydrogen) atoms. The minimum absolute atomic E-state index is 0.0250. The van der Waals surface area contributed by atoms with E-state index in [-0.39, 0.29) is 5.69 Å². The first-order chi connectivity index (χ1) is 7.06. The van der Waals surface area contributed by atoms with Gasteiger partial charge in [0.05, 0.1) is 4.92 Å². The number of aryl methyl sites for hydroxylation is 1. The molecule has 0 atom stereocenters. The minimum atomic E-state index is -0.429. The van der Waals surface area contributed by atoms with Gasteiger partial charge in [-0.2, -0.15) is 0 Å². The quantitative estimate of drug-likeness (QED) is 0.554. The van der Waals surface area contributed by atoms with Gasteiger partial charge in [0.2, 0.25) is 5.82 Å². The van der Waals surface area contributed by atoms with Gasteiger partial charge in [-0.1, -0.05) is 0 Å². The van der Waals surface area contributed by atoms with Gasteiger partial charge in [0.1, 0.15) is 6.20 Å². The van der Waals surface area contributed by atoms with E-state index in [1.807, 2.05) is 0 Å². The van der Waals surface area contributed by atoms with Crippen molar-refractivity contribution >= 4 is 11.5 Å². The second-order valence-electron chi connectivity index (χ2n) is 3.33. The molecule has 0 aliphatic carbocycles. The zero-order chi connectivity index (χ0) is 11.4. The molecule has 0 saturated carbocycles. The number of rotatable bonds is 5. The van der Waals surface area contributed by atoms with E-state index in [0.29, 0.717) is 18.9 Å². The van der Waals surface area contributed by atoms with Crippen molar-refractivity contribution in [1.82, 2.24) is 9.78 Å². The van der Waals surface area contributed by atoms with E-state index in [9.17, 15) is 10.1 Å². The fourth-order valence-corrected chi connectivity index (χ4v) is 1.30. The highest BCUT2D eigenvalue weighted by Crippen LogP contribution is 2.24. The van der Waals surface area contributed by atoms with Gasteiger partial charge in [-0.05, 0) is 13.0 Å². The maximum absolute atomic E-state index is 10.7. The van der Waals surface area contributed by atoms with Gasteiger partial charge < -0.3 is 10.6 Å².